The summed E-state index contributed by atoms with van der Waals surface area (Å²) in [4.78, 5) is 14.6. The van der Waals surface area contributed by atoms with Crippen LogP contribution in [0.1, 0.15) is 27.2 Å². The summed E-state index contributed by atoms with van der Waals surface area (Å²) >= 11 is 0. The summed E-state index contributed by atoms with van der Waals surface area (Å²) in [6, 6.07) is 13.3. The highest BCUT2D eigenvalue weighted by Crippen LogP contribution is 2.33. The van der Waals surface area contributed by atoms with Gasteiger partial charge in [-0.3, -0.25) is 9.69 Å². The van der Waals surface area contributed by atoms with E-state index in [-0.39, 0.29) is 11.4 Å². The highest BCUT2D eigenvalue weighted by atomic mass is 19.4. The second-order valence-corrected chi connectivity index (χ2v) is 7.11. The minimum Gasteiger partial charge on any atom is -0.349 e. The third-order valence-corrected chi connectivity index (χ3v) is 5.11. The number of carbonyl (C=O) groups is 1. The van der Waals surface area contributed by atoms with Crippen molar-refractivity contribution < 1.29 is 18.0 Å². The molecule has 1 amide bonds. The van der Waals surface area contributed by atoms with Crippen molar-refractivity contribution in [1.82, 2.24) is 25.2 Å². The summed E-state index contributed by atoms with van der Waals surface area (Å²) in [5.41, 5.74) is 1.60. The Kier molecular flexibility index (Phi) is 5.54. The fourth-order valence-electron chi connectivity index (χ4n) is 3.56. The van der Waals surface area contributed by atoms with Crippen molar-refractivity contribution in [1.29, 1.82) is 0 Å². The third kappa shape index (κ3) is 4.35. The quantitative estimate of drug-likeness (QED) is 0.696. The van der Waals surface area contributed by atoms with Crippen LogP contribution >= 0.6 is 0 Å². The van der Waals surface area contributed by atoms with Crippen LogP contribution in [0.4, 0.5) is 13.2 Å². The molecule has 4 rings (SSSR count). The normalized spacial score (nSPS) is 14.4. The second kappa shape index (κ2) is 8.27. The zero-order valence-corrected chi connectivity index (χ0v) is 16.1. The number of alkyl halides is 3. The minimum atomic E-state index is -4.53. The SMILES string of the molecule is O=C(NCCN1CCc2ccccc2C1)c1cn(-c2ccccc2C(F)(F)F)nn1. The van der Waals surface area contributed by atoms with Gasteiger partial charge in [-0.05, 0) is 29.7 Å². The summed E-state index contributed by atoms with van der Waals surface area (Å²) in [5.74, 6) is -0.469. The molecule has 156 valence electrons. The van der Waals surface area contributed by atoms with Crippen LogP contribution in [0.15, 0.2) is 54.7 Å². The molecule has 1 aliphatic rings. The van der Waals surface area contributed by atoms with Gasteiger partial charge in [-0.1, -0.05) is 41.6 Å². The zero-order chi connectivity index (χ0) is 21.1. The maximum Gasteiger partial charge on any atom is 0.418 e. The number of benzene rings is 2. The van der Waals surface area contributed by atoms with E-state index >= 15 is 0 Å². The number of fused-ring (bicyclic) bond motifs is 1. The van der Waals surface area contributed by atoms with Gasteiger partial charge in [0.2, 0.25) is 0 Å². The first-order chi connectivity index (χ1) is 14.4. The Bertz CT molecular complexity index is 1050. The summed E-state index contributed by atoms with van der Waals surface area (Å²) in [6.07, 6.45) is -2.36. The first-order valence-electron chi connectivity index (χ1n) is 9.58. The fraction of sp³-hybridized carbons (Fsp3) is 0.286. The molecule has 2 heterocycles. The molecule has 30 heavy (non-hydrogen) atoms. The predicted octanol–water partition coefficient (Wildman–Crippen LogP) is 3.07. The standard InChI is InChI=1S/C21H20F3N5O/c22-21(23,24)17-7-3-4-8-19(17)29-14-18(26-27-29)20(30)25-10-12-28-11-9-15-5-1-2-6-16(15)13-28/h1-8,14H,9-13H2,(H,25,30). The van der Waals surface area contributed by atoms with Crippen LogP contribution in [0.3, 0.4) is 0 Å². The molecule has 0 fully saturated rings. The number of halogens is 3. The molecule has 0 atom stereocenters. The number of hydrogen-bond donors (Lipinski definition) is 1. The van der Waals surface area contributed by atoms with Crippen molar-refractivity contribution in [3.05, 3.63) is 77.1 Å². The number of amides is 1. The van der Waals surface area contributed by atoms with Crippen LogP contribution < -0.4 is 5.32 Å². The maximum atomic E-state index is 13.2. The highest BCUT2D eigenvalue weighted by molar-refractivity contribution is 5.91. The average Bonchev–Trinajstić information content (AvgIpc) is 3.23. The van der Waals surface area contributed by atoms with Crippen molar-refractivity contribution in [2.45, 2.75) is 19.1 Å². The van der Waals surface area contributed by atoms with E-state index in [9.17, 15) is 18.0 Å². The molecule has 0 bridgehead atoms. The summed E-state index contributed by atoms with van der Waals surface area (Å²) in [5, 5.41) is 10.2. The van der Waals surface area contributed by atoms with Crippen molar-refractivity contribution in [2.24, 2.45) is 0 Å². The lowest BCUT2D eigenvalue weighted by molar-refractivity contribution is -0.137. The van der Waals surface area contributed by atoms with Crippen LogP contribution in [-0.2, 0) is 19.1 Å². The summed E-state index contributed by atoms with van der Waals surface area (Å²) in [7, 11) is 0. The molecular formula is C21H20F3N5O. The minimum absolute atomic E-state index is 0.0315. The van der Waals surface area contributed by atoms with E-state index in [4.69, 9.17) is 0 Å². The van der Waals surface area contributed by atoms with Crippen molar-refractivity contribution >= 4 is 5.91 Å². The predicted molar refractivity (Wildman–Crippen MR) is 104 cm³/mol. The summed E-state index contributed by atoms with van der Waals surface area (Å²) in [6.45, 7) is 2.83. The molecule has 0 saturated heterocycles. The Morgan fingerprint density at radius 3 is 2.60 bits per heavy atom. The third-order valence-electron chi connectivity index (χ3n) is 5.11. The lowest BCUT2D eigenvalue weighted by Crippen LogP contribution is -2.37. The largest absolute Gasteiger partial charge is 0.418 e. The Labute approximate surface area is 171 Å². The number of hydrogen-bond acceptors (Lipinski definition) is 4. The molecule has 0 unspecified atom stereocenters. The van der Waals surface area contributed by atoms with E-state index in [1.807, 2.05) is 12.1 Å². The number of aromatic nitrogens is 3. The zero-order valence-electron chi connectivity index (χ0n) is 16.1. The fourth-order valence-corrected chi connectivity index (χ4v) is 3.56. The van der Waals surface area contributed by atoms with Crippen molar-refractivity contribution in [3.8, 4) is 5.69 Å². The van der Waals surface area contributed by atoms with E-state index in [1.165, 1.54) is 35.5 Å². The Morgan fingerprint density at radius 2 is 1.80 bits per heavy atom. The van der Waals surface area contributed by atoms with Gasteiger partial charge < -0.3 is 5.32 Å². The van der Waals surface area contributed by atoms with E-state index in [0.29, 0.717) is 13.1 Å². The molecule has 0 saturated carbocycles. The molecule has 1 aromatic heterocycles. The Hall–Kier alpha value is -3.20. The first kappa shape index (κ1) is 20.1. The molecule has 3 aromatic rings. The number of nitrogens with zero attached hydrogens (tertiary/aromatic N) is 4. The van der Waals surface area contributed by atoms with Gasteiger partial charge in [0.15, 0.2) is 5.69 Å². The van der Waals surface area contributed by atoms with Crippen LogP contribution in [-0.4, -0.2) is 45.4 Å². The average molecular weight is 415 g/mol. The number of rotatable bonds is 5. The van der Waals surface area contributed by atoms with Gasteiger partial charge in [-0.15, -0.1) is 5.10 Å². The van der Waals surface area contributed by atoms with E-state index in [2.05, 4.69) is 32.7 Å². The van der Waals surface area contributed by atoms with Crippen molar-refractivity contribution in [3.63, 3.8) is 0 Å². The lowest BCUT2D eigenvalue weighted by atomic mass is 10.00. The lowest BCUT2D eigenvalue weighted by Gasteiger charge is -2.28. The Morgan fingerprint density at radius 1 is 1.07 bits per heavy atom. The molecule has 1 N–H and O–H groups in total. The van der Waals surface area contributed by atoms with Crippen LogP contribution in [0.5, 0.6) is 0 Å². The molecule has 0 spiro atoms. The monoisotopic (exact) mass is 415 g/mol. The van der Waals surface area contributed by atoms with Gasteiger partial charge in [-0.25, -0.2) is 4.68 Å². The summed E-state index contributed by atoms with van der Waals surface area (Å²) < 4.78 is 40.5. The van der Waals surface area contributed by atoms with Gasteiger partial charge in [0.1, 0.15) is 0 Å². The van der Waals surface area contributed by atoms with Gasteiger partial charge in [-0.2, -0.15) is 13.2 Å². The van der Waals surface area contributed by atoms with Crippen molar-refractivity contribution in [2.75, 3.05) is 19.6 Å². The van der Waals surface area contributed by atoms with Gasteiger partial charge in [0, 0.05) is 26.2 Å². The highest BCUT2D eigenvalue weighted by Gasteiger charge is 2.34. The molecule has 0 aliphatic carbocycles. The maximum absolute atomic E-state index is 13.2. The van der Waals surface area contributed by atoms with Gasteiger partial charge >= 0.3 is 6.18 Å². The van der Waals surface area contributed by atoms with Gasteiger partial charge in [0.25, 0.3) is 5.91 Å². The molecular weight excluding hydrogens is 395 g/mol. The first-order valence-corrected chi connectivity index (χ1v) is 9.58. The molecule has 1 aliphatic heterocycles. The van der Waals surface area contributed by atoms with Crippen LogP contribution in [0.2, 0.25) is 0 Å². The molecule has 6 nitrogen and oxygen atoms in total. The molecule has 2 aromatic carbocycles. The van der Waals surface area contributed by atoms with Gasteiger partial charge in [0.05, 0.1) is 17.4 Å². The number of para-hydroxylation sites is 1. The van der Waals surface area contributed by atoms with Crippen LogP contribution in [0.25, 0.3) is 5.69 Å². The Balaban J connectivity index is 1.36. The van der Waals surface area contributed by atoms with E-state index in [1.54, 1.807) is 0 Å². The molecule has 9 heteroatoms. The van der Waals surface area contributed by atoms with E-state index in [0.717, 1.165) is 30.3 Å². The van der Waals surface area contributed by atoms with E-state index < -0.39 is 17.6 Å². The van der Waals surface area contributed by atoms with Crippen LogP contribution in [0, 0.1) is 0 Å². The topological polar surface area (TPSA) is 63.1 Å². The smallest absolute Gasteiger partial charge is 0.349 e. The molecule has 0 radical (unpaired) electrons. The number of nitrogens with one attached hydrogen (secondary N) is 1. The second-order valence-electron chi connectivity index (χ2n) is 7.11. The number of carbonyl (C=O) groups excluding carboxylic acids is 1.